The molecule has 0 aliphatic heterocycles. The quantitative estimate of drug-likeness (QED) is 0.798. The van der Waals surface area contributed by atoms with E-state index in [2.05, 4.69) is 4.98 Å². The van der Waals surface area contributed by atoms with Gasteiger partial charge in [-0.15, -0.1) is 0 Å². The Bertz CT molecular complexity index is 416. The van der Waals surface area contributed by atoms with Crippen LogP contribution in [0.25, 0.3) is 0 Å². The van der Waals surface area contributed by atoms with E-state index in [-0.39, 0.29) is 17.9 Å². The molecule has 0 bridgehead atoms. The number of carbonyl (C=O) groups excluding carboxylic acids is 1. The number of pyridine rings is 1. The number of nitrogens with zero attached hydrogens (tertiary/aromatic N) is 2. The zero-order valence-electron chi connectivity index (χ0n) is 9.91. The van der Waals surface area contributed by atoms with E-state index in [1.54, 1.807) is 17.3 Å². The molecule has 0 aromatic carbocycles. The van der Waals surface area contributed by atoms with Crippen LogP contribution in [0.3, 0.4) is 0 Å². The van der Waals surface area contributed by atoms with Gasteiger partial charge in [0, 0.05) is 30.7 Å². The minimum Gasteiger partial charge on any atom is -0.324 e. The smallest absolute Gasteiger partial charge is 0.233 e. The van der Waals surface area contributed by atoms with Crippen LogP contribution < -0.4 is 10.6 Å². The van der Waals surface area contributed by atoms with Crippen molar-refractivity contribution in [1.82, 2.24) is 4.98 Å². The number of aromatic nitrogens is 1. The van der Waals surface area contributed by atoms with Crippen molar-refractivity contribution in [3.63, 3.8) is 0 Å². The van der Waals surface area contributed by atoms with Crippen molar-refractivity contribution in [2.24, 2.45) is 11.7 Å². The van der Waals surface area contributed by atoms with Crippen LogP contribution in [-0.4, -0.2) is 23.5 Å². The molecule has 0 saturated heterocycles. The molecule has 1 aromatic heterocycles. The Morgan fingerprint density at radius 3 is 2.71 bits per heavy atom. The van der Waals surface area contributed by atoms with E-state index in [1.165, 1.54) is 0 Å². The normalized spacial score (nSPS) is 22.7. The van der Waals surface area contributed by atoms with Crippen molar-refractivity contribution >= 4 is 11.6 Å². The first-order valence-corrected chi connectivity index (χ1v) is 5.87. The van der Waals surface area contributed by atoms with Crippen molar-refractivity contribution < 1.29 is 4.79 Å². The Hall–Kier alpha value is -1.68. The number of hydrogen-bond donors (Lipinski definition) is 1. The minimum absolute atomic E-state index is 0.0140. The van der Waals surface area contributed by atoms with Gasteiger partial charge in [0.2, 0.25) is 5.91 Å². The standard InChI is InChI=1S/C13H17N3O/c1-2-16(12-5-7-15-8-6-12)13(17)10-3-4-11(14)9-10/h3-8,10-11H,2,9,14H2,1H3. The van der Waals surface area contributed by atoms with Crippen LogP contribution >= 0.6 is 0 Å². The zero-order chi connectivity index (χ0) is 12.3. The molecule has 1 aliphatic carbocycles. The fourth-order valence-electron chi connectivity index (χ4n) is 2.10. The monoisotopic (exact) mass is 231 g/mol. The maximum Gasteiger partial charge on any atom is 0.233 e. The van der Waals surface area contributed by atoms with Gasteiger partial charge in [-0.1, -0.05) is 12.2 Å². The molecule has 2 N–H and O–H groups in total. The van der Waals surface area contributed by atoms with Crippen LogP contribution in [0.15, 0.2) is 36.7 Å². The number of nitrogens with two attached hydrogens (primary N) is 1. The predicted molar refractivity (Wildman–Crippen MR) is 67.5 cm³/mol. The van der Waals surface area contributed by atoms with Gasteiger partial charge in [-0.3, -0.25) is 9.78 Å². The summed E-state index contributed by atoms with van der Waals surface area (Å²) in [6.07, 6.45) is 7.92. The van der Waals surface area contributed by atoms with E-state index in [1.807, 2.05) is 31.2 Å². The van der Waals surface area contributed by atoms with Gasteiger partial charge in [0.15, 0.2) is 0 Å². The molecule has 1 aromatic rings. The van der Waals surface area contributed by atoms with E-state index >= 15 is 0 Å². The minimum atomic E-state index is -0.0851. The summed E-state index contributed by atoms with van der Waals surface area (Å²) in [6.45, 7) is 2.62. The summed E-state index contributed by atoms with van der Waals surface area (Å²) in [5.41, 5.74) is 6.67. The second-order valence-corrected chi connectivity index (χ2v) is 4.18. The lowest BCUT2D eigenvalue weighted by atomic mass is 10.1. The van der Waals surface area contributed by atoms with Crippen molar-refractivity contribution in [2.45, 2.75) is 19.4 Å². The van der Waals surface area contributed by atoms with Gasteiger partial charge in [-0.2, -0.15) is 0 Å². The number of rotatable bonds is 3. The highest BCUT2D eigenvalue weighted by molar-refractivity contribution is 5.96. The molecule has 0 fully saturated rings. The molecule has 1 amide bonds. The van der Waals surface area contributed by atoms with Crippen molar-refractivity contribution in [1.29, 1.82) is 0 Å². The first-order chi connectivity index (χ1) is 8.22. The summed E-state index contributed by atoms with van der Waals surface area (Å²) in [5.74, 6) is 0.0287. The average Bonchev–Trinajstić information content (AvgIpc) is 2.78. The topological polar surface area (TPSA) is 59.2 Å². The van der Waals surface area contributed by atoms with Gasteiger partial charge >= 0.3 is 0 Å². The Balaban J connectivity index is 2.14. The Kier molecular flexibility index (Phi) is 3.54. The van der Waals surface area contributed by atoms with Gasteiger partial charge in [0.1, 0.15) is 0 Å². The molecule has 2 atom stereocenters. The molecule has 0 radical (unpaired) electrons. The molecule has 17 heavy (non-hydrogen) atoms. The van der Waals surface area contributed by atoms with E-state index in [0.29, 0.717) is 13.0 Å². The van der Waals surface area contributed by atoms with E-state index in [4.69, 9.17) is 5.73 Å². The SMILES string of the molecule is CCN(C(=O)C1C=CC(N)C1)c1ccncc1. The molecular weight excluding hydrogens is 214 g/mol. The Morgan fingerprint density at radius 2 is 2.18 bits per heavy atom. The molecule has 1 heterocycles. The molecule has 2 rings (SSSR count). The van der Waals surface area contributed by atoms with Crippen molar-refractivity contribution in [3.8, 4) is 0 Å². The highest BCUT2D eigenvalue weighted by atomic mass is 16.2. The molecule has 0 spiro atoms. The van der Waals surface area contributed by atoms with Gasteiger partial charge in [0.25, 0.3) is 0 Å². The molecule has 90 valence electrons. The third-order valence-corrected chi connectivity index (χ3v) is 2.99. The van der Waals surface area contributed by atoms with E-state index in [0.717, 1.165) is 5.69 Å². The highest BCUT2D eigenvalue weighted by Crippen LogP contribution is 2.22. The van der Waals surface area contributed by atoms with E-state index < -0.39 is 0 Å². The third-order valence-electron chi connectivity index (χ3n) is 2.99. The highest BCUT2D eigenvalue weighted by Gasteiger charge is 2.27. The van der Waals surface area contributed by atoms with Crippen LogP contribution in [0.4, 0.5) is 5.69 Å². The molecule has 1 aliphatic rings. The summed E-state index contributed by atoms with van der Waals surface area (Å²) in [7, 11) is 0. The predicted octanol–water partition coefficient (Wildman–Crippen LogP) is 1.34. The second-order valence-electron chi connectivity index (χ2n) is 4.18. The van der Waals surface area contributed by atoms with Gasteiger partial charge in [-0.25, -0.2) is 0 Å². The average molecular weight is 231 g/mol. The summed E-state index contributed by atoms with van der Waals surface area (Å²) in [5, 5.41) is 0. The number of anilines is 1. The van der Waals surface area contributed by atoms with Gasteiger partial charge < -0.3 is 10.6 Å². The lowest BCUT2D eigenvalue weighted by Crippen LogP contribution is -2.35. The Morgan fingerprint density at radius 1 is 1.47 bits per heavy atom. The number of hydrogen-bond acceptors (Lipinski definition) is 3. The summed E-state index contributed by atoms with van der Waals surface area (Å²) < 4.78 is 0. The van der Waals surface area contributed by atoms with E-state index in [9.17, 15) is 4.79 Å². The first-order valence-electron chi connectivity index (χ1n) is 5.87. The van der Waals surface area contributed by atoms with Crippen molar-refractivity contribution in [2.75, 3.05) is 11.4 Å². The molecule has 0 saturated carbocycles. The van der Waals surface area contributed by atoms with Crippen LogP contribution in [0.2, 0.25) is 0 Å². The van der Waals surface area contributed by atoms with Crippen LogP contribution in [0.1, 0.15) is 13.3 Å². The Labute approximate surface area is 101 Å². The summed E-state index contributed by atoms with van der Waals surface area (Å²) in [4.78, 5) is 18.1. The maximum atomic E-state index is 12.3. The third kappa shape index (κ3) is 2.53. The molecule has 4 nitrogen and oxygen atoms in total. The molecular formula is C13H17N3O. The largest absolute Gasteiger partial charge is 0.324 e. The lowest BCUT2D eigenvalue weighted by Gasteiger charge is -2.23. The lowest BCUT2D eigenvalue weighted by molar-refractivity contribution is -0.121. The maximum absolute atomic E-state index is 12.3. The first kappa shape index (κ1) is 11.8. The van der Waals surface area contributed by atoms with Crippen molar-refractivity contribution in [3.05, 3.63) is 36.7 Å². The fourth-order valence-corrected chi connectivity index (χ4v) is 2.10. The van der Waals surface area contributed by atoms with Gasteiger partial charge in [0.05, 0.1) is 5.92 Å². The summed E-state index contributed by atoms with van der Waals surface area (Å²) in [6, 6.07) is 3.71. The van der Waals surface area contributed by atoms with Crippen LogP contribution in [-0.2, 0) is 4.79 Å². The van der Waals surface area contributed by atoms with Gasteiger partial charge in [-0.05, 0) is 25.5 Å². The second kappa shape index (κ2) is 5.10. The fraction of sp³-hybridized carbons (Fsp3) is 0.385. The number of carbonyl (C=O) groups is 1. The number of amides is 1. The van der Waals surface area contributed by atoms with Crippen LogP contribution in [0.5, 0.6) is 0 Å². The zero-order valence-corrected chi connectivity index (χ0v) is 9.91. The van der Waals surface area contributed by atoms with Crippen LogP contribution in [0, 0.1) is 5.92 Å². The summed E-state index contributed by atoms with van der Waals surface area (Å²) >= 11 is 0. The molecule has 2 unspecified atom stereocenters. The molecule has 4 heteroatoms.